The summed E-state index contributed by atoms with van der Waals surface area (Å²) in [6.45, 7) is 6.37. The Bertz CT molecular complexity index is 894. The Morgan fingerprint density at radius 1 is 1.07 bits per heavy atom. The second-order valence-corrected chi connectivity index (χ2v) is 7.58. The third-order valence-electron chi connectivity index (χ3n) is 3.95. The van der Waals surface area contributed by atoms with Crippen molar-refractivity contribution in [3.05, 3.63) is 53.8 Å². The number of benzene rings is 2. The molecule has 2 aromatic rings. The Morgan fingerprint density at radius 3 is 2.26 bits per heavy atom. The molecule has 0 unspecified atom stereocenters. The molecule has 0 saturated carbocycles. The first-order chi connectivity index (χ1) is 12.8. The first kappa shape index (κ1) is 20.9. The van der Waals surface area contributed by atoms with Crippen LogP contribution in [0.1, 0.15) is 31.1 Å². The highest BCUT2D eigenvalue weighted by Crippen LogP contribution is 2.21. The quantitative estimate of drug-likeness (QED) is 0.743. The maximum absolute atomic E-state index is 14.2. The SMILES string of the molecule is CCOc1ccc(NC(=O)c2cc(S(=O)(=O)N(CC)CC)ccc2F)cc1. The van der Waals surface area contributed by atoms with E-state index in [0.29, 0.717) is 18.0 Å². The van der Waals surface area contributed by atoms with Gasteiger partial charge in [0.15, 0.2) is 0 Å². The minimum atomic E-state index is -3.79. The molecule has 1 N–H and O–H groups in total. The van der Waals surface area contributed by atoms with Crippen molar-refractivity contribution < 1.29 is 22.3 Å². The zero-order valence-electron chi connectivity index (χ0n) is 15.5. The van der Waals surface area contributed by atoms with E-state index in [-0.39, 0.29) is 23.5 Å². The van der Waals surface area contributed by atoms with Gasteiger partial charge in [-0.3, -0.25) is 4.79 Å². The average molecular weight is 394 g/mol. The Morgan fingerprint density at radius 2 is 1.70 bits per heavy atom. The lowest BCUT2D eigenvalue weighted by atomic mass is 10.2. The highest BCUT2D eigenvalue weighted by atomic mass is 32.2. The van der Waals surface area contributed by atoms with E-state index in [1.54, 1.807) is 38.1 Å². The van der Waals surface area contributed by atoms with Crippen molar-refractivity contribution in [2.45, 2.75) is 25.7 Å². The Labute approximate surface area is 159 Å². The van der Waals surface area contributed by atoms with Crippen molar-refractivity contribution in [2.75, 3.05) is 25.0 Å². The smallest absolute Gasteiger partial charge is 0.258 e. The molecule has 0 aliphatic heterocycles. The van der Waals surface area contributed by atoms with Crippen LogP contribution in [0.5, 0.6) is 5.75 Å². The molecule has 8 heteroatoms. The van der Waals surface area contributed by atoms with Gasteiger partial charge >= 0.3 is 0 Å². The minimum absolute atomic E-state index is 0.121. The van der Waals surface area contributed by atoms with Crippen LogP contribution in [0.15, 0.2) is 47.4 Å². The highest BCUT2D eigenvalue weighted by molar-refractivity contribution is 7.89. The number of nitrogens with one attached hydrogen (secondary N) is 1. The third-order valence-corrected chi connectivity index (χ3v) is 5.99. The van der Waals surface area contributed by atoms with E-state index in [1.807, 2.05) is 6.92 Å². The molecule has 146 valence electrons. The van der Waals surface area contributed by atoms with Crippen molar-refractivity contribution in [2.24, 2.45) is 0 Å². The number of ether oxygens (including phenoxy) is 1. The van der Waals surface area contributed by atoms with Gasteiger partial charge in [-0.25, -0.2) is 12.8 Å². The van der Waals surface area contributed by atoms with Gasteiger partial charge in [0, 0.05) is 18.8 Å². The van der Waals surface area contributed by atoms with Crippen molar-refractivity contribution >= 4 is 21.6 Å². The fourth-order valence-electron chi connectivity index (χ4n) is 2.55. The van der Waals surface area contributed by atoms with Crippen LogP contribution >= 0.6 is 0 Å². The predicted octanol–water partition coefficient (Wildman–Crippen LogP) is 3.51. The fourth-order valence-corrected chi connectivity index (χ4v) is 4.04. The molecule has 0 saturated heterocycles. The summed E-state index contributed by atoms with van der Waals surface area (Å²) in [7, 11) is -3.79. The van der Waals surface area contributed by atoms with Crippen LogP contribution in [-0.2, 0) is 10.0 Å². The van der Waals surface area contributed by atoms with Gasteiger partial charge in [0.1, 0.15) is 11.6 Å². The number of rotatable bonds is 8. The number of sulfonamides is 1. The van der Waals surface area contributed by atoms with E-state index >= 15 is 0 Å². The number of carbonyl (C=O) groups is 1. The van der Waals surface area contributed by atoms with Crippen molar-refractivity contribution in [3.63, 3.8) is 0 Å². The molecule has 0 heterocycles. The first-order valence-corrected chi connectivity index (χ1v) is 10.1. The summed E-state index contributed by atoms with van der Waals surface area (Å²) in [5.74, 6) is -0.876. The van der Waals surface area contributed by atoms with Gasteiger partial charge < -0.3 is 10.1 Å². The van der Waals surface area contributed by atoms with Crippen LogP contribution in [0.25, 0.3) is 0 Å². The topological polar surface area (TPSA) is 75.7 Å². The zero-order chi connectivity index (χ0) is 20.0. The van der Waals surface area contributed by atoms with E-state index < -0.39 is 21.7 Å². The number of amides is 1. The molecular weight excluding hydrogens is 371 g/mol. The molecule has 0 bridgehead atoms. The molecule has 1 amide bonds. The molecule has 2 rings (SSSR count). The summed E-state index contributed by atoms with van der Waals surface area (Å²) in [5.41, 5.74) is 0.108. The number of hydrogen-bond acceptors (Lipinski definition) is 4. The van der Waals surface area contributed by atoms with Gasteiger partial charge in [0.25, 0.3) is 5.91 Å². The summed E-state index contributed by atoms with van der Waals surface area (Å²) in [6, 6.07) is 9.81. The number of nitrogens with zero attached hydrogens (tertiary/aromatic N) is 1. The second kappa shape index (κ2) is 8.96. The highest BCUT2D eigenvalue weighted by Gasteiger charge is 2.24. The van der Waals surface area contributed by atoms with E-state index in [9.17, 15) is 17.6 Å². The zero-order valence-corrected chi connectivity index (χ0v) is 16.3. The van der Waals surface area contributed by atoms with Gasteiger partial charge in [0.05, 0.1) is 17.1 Å². The Balaban J connectivity index is 2.28. The molecule has 0 atom stereocenters. The van der Waals surface area contributed by atoms with E-state index in [2.05, 4.69) is 5.32 Å². The summed E-state index contributed by atoms with van der Waals surface area (Å²) in [6.07, 6.45) is 0. The average Bonchev–Trinajstić information content (AvgIpc) is 2.64. The molecular formula is C19H23FN2O4S. The van der Waals surface area contributed by atoms with Crippen LogP contribution in [-0.4, -0.2) is 38.3 Å². The largest absolute Gasteiger partial charge is 0.494 e. The number of hydrogen-bond donors (Lipinski definition) is 1. The second-order valence-electron chi connectivity index (χ2n) is 5.64. The lowest BCUT2D eigenvalue weighted by Crippen LogP contribution is -2.31. The summed E-state index contributed by atoms with van der Waals surface area (Å²) in [4.78, 5) is 12.3. The molecule has 0 radical (unpaired) electrons. The van der Waals surface area contributed by atoms with Crippen LogP contribution < -0.4 is 10.1 Å². The molecule has 27 heavy (non-hydrogen) atoms. The standard InChI is InChI=1S/C19H23FN2O4S/c1-4-22(5-2)27(24,25)16-11-12-18(20)17(13-16)19(23)21-14-7-9-15(10-8-14)26-6-3/h7-13H,4-6H2,1-3H3,(H,21,23). The Hall–Kier alpha value is -2.45. The van der Waals surface area contributed by atoms with Gasteiger partial charge in [-0.2, -0.15) is 4.31 Å². The molecule has 2 aromatic carbocycles. The molecule has 6 nitrogen and oxygen atoms in total. The van der Waals surface area contributed by atoms with Crippen LogP contribution in [0, 0.1) is 5.82 Å². The van der Waals surface area contributed by atoms with Crippen LogP contribution in [0.4, 0.5) is 10.1 Å². The molecule has 0 aromatic heterocycles. The van der Waals surface area contributed by atoms with Gasteiger partial charge in [-0.15, -0.1) is 0 Å². The summed E-state index contributed by atoms with van der Waals surface area (Å²) < 4.78 is 45.9. The normalized spacial score (nSPS) is 11.4. The van der Waals surface area contributed by atoms with Crippen LogP contribution in [0.3, 0.4) is 0 Å². The van der Waals surface area contributed by atoms with Crippen molar-refractivity contribution in [3.8, 4) is 5.75 Å². The van der Waals surface area contributed by atoms with Gasteiger partial charge in [-0.1, -0.05) is 13.8 Å². The number of anilines is 1. The third kappa shape index (κ3) is 4.84. The molecule has 0 spiro atoms. The van der Waals surface area contributed by atoms with Gasteiger partial charge in [0.2, 0.25) is 10.0 Å². The molecule has 0 aliphatic carbocycles. The van der Waals surface area contributed by atoms with E-state index in [1.165, 1.54) is 4.31 Å². The molecule has 0 fully saturated rings. The minimum Gasteiger partial charge on any atom is -0.494 e. The predicted molar refractivity (Wildman–Crippen MR) is 102 cm³/mol. The Kier molecular flexibility index (Phi) is 6.92. The van der Waals surface area contributed by atoms with Crippen molar-refractivity contribution in [1.29, 1.82) is 0 Å². The van der Waals surface area contributed by atoms with Crippen LogP contribution in [0.2, 0.25) is 0 Å². The van der Waals surface area contributed by atoms with E-state index in [0.717, 1.165) is 18.2 Å². The lowest BCUT2D eigenvalue weighted by Gasteiger charge is -2.19. The lowest BCUT2D eigenvalue weighted by molar-refractivity contribution is 0.102. The first-order valence-electron chi connectivity index (χ1n) is 8.67. The van der Waals surface area contributed by atoms with E-state index in [4.69, 9.17) is 4.74 Å². The van der Waals surface area contributed by atoms with Gasteiger partial charge in [-0.05, 0) is 49.4 Å². The molecule has 0 aliphatic rings. The monoisotopic (exact) mass is 394 g/mol. The number of carbonyl (C=O) groups excluding carboxylic acids is 1. The summed E-state index contributed by atoms with van der Waals surface area (Å²) in [5, 5.41) is 2.56. The maximum Gasteiger partial charge on any atom is 0.258 e. The number of halogens is 1. The fraction of sp³-hybridized carbons (Fsp3) is 0.316. The maximum atomic E-state index is 14.2. The van der Waals surface area contributed by atoms with Crippen molar-refractivity contribution in [1.82, 2.24) is 4.31 Å². The summed E-state index contributed by atoms with van der Waals surface area (Å²) >= 11 is 0.